The molecule has 0 N–H and O–H groups in total. The highest BCUT2D eigenvalue weighted by Crippen LogP contribution is 2.43. The molecular weight excluding hydrogens is 714 g/mol. The average molecular weight is 753 g/mol. The van der Waals surface area contributed by atoms with Gasteiger partial charge in [-0.3, -0.25) is 9.97 Å². The number of rotatable bonds is 8. The molecule has 0 aliphatic heterocycles. The molecule has 0 atom stereocenters. The van der Waals surface area contributed by atoms with Crippen molar-refractivity contribution in [3.63, 3.8) is 0 Å². The lowest BCUT2D eigenvalue weighted by Crippen LogP contribution is -2.38. The molecule has 0 unspecified atom stereocenters. The van der Waals surface area contributed by atoms with Gasteiger partial charge in [0.1, 0.15) is 11.5 Å². The number of ether oxygens (including phenoxy) is 1. The first-order valence-electron chi connectivity index (χ1n) is 18.0. The van der Waals surface area contributed by atoms with Crippen LogP contribution in [0.15, 0.2) is 134 Å². The number of fused-ring (bicyclic) bond motifs is 3. The van der Waals surface area contributed by atoms with Gasteiger partial charge in [0.25, 0.3) is 0 Å². The van der Waals surface area contributed by atoms with Crippen LogP contribution in [0.3, 0.4) is 0 Å². The molecule has 0 saturated heterocycles. The maximum atomic E-state index is 13.6. The third-order valence-electron chi connectivity index (χ3n) is 10.1. The summed E-state index contributed by atoms with van der Waals surface area (Å²) in [6.07, 6.45) is -0.409. The van der Waals surface area contributed by atoms with E-state index >= 15 is 0 Å². The largest absolute Gasteiger partial charge is 0.457 e. The van der Waals surface area contributed by atoms with Crippen LogP contribution < -0.4 is 9.92 Å². The summed E-state index contributed by atoms with van der Waals surface area (Å²) in [4.78, 5) is 10.9. The molecule has 3 aromatic heterocycles. The Morgan fingerprint density at radius 1 is 0.648 bits per heavy atom. The van der Waals surface area contributed by atoms with Crippen LogP contribution in [0.1, 0.15) is 19.4 Å². The van der Waals surface area contributed by atoms with Gasteiger partial charge in [0.2, 0.25) is 0 Å². The van der Waals surface area contributed by atoms with Gasteiger partial charge in [0.05, 0.1) is 29.6 Å². The third-order valence-corrected chi connectivity index (χ3v) is 13.3. The fourth-order valence-electron chi connectivity index (χ4n) is 6.95. The van der Waals surface area contributed by atoms with Crippen molar-refractivity contribution in [3.8, 4) is 44.5 Å². The van der Waals surface area contributed by atoms with Crippen molar-refractivity contribution in [2.45, 2.75) is 46.1 Å². The fourth-order valence-corrected chi connectivity index (χ4v) is 9.70. The molecule has 5 aromatic carbocycles. The van der Waals surface area contributed by atoms with Crippen molar-refractivity contribution >= 4 is 56.2 Å². The lowest BCUT2D eigenvalue weighted by molar-refractivity contribution is -0.211. The first-order valence-corrected chi connectivity index (χ1v) is 22.3. The van der Waals surface area contributed by atoms with E-state index in [1.807, 2.05) is 85.2 Å². The van der Waals surface area contributed by atoms with Crippen molar-refractivity contribution in [3.05, 3.63) is 139 Å². The predicted octanol–water partition coefficient (Wildman–Crippen LogP) is 13.5. The molecule has 0 aliphatic carbocycles. The first-order chi connectivity index (χ1) is 25.7. The highest BCUT2D eigenvalue weighted by molar-refractivity contribution is 7.23. The summed E-state index contributed by atoms with van der Waals surface area (Å²) in [7, 11) is -1.81. The molecule has 0 saturated carbocycles. The van der Waals surface area contributed by atoms with Crippen LogP contribution in [0.5, 0.6) is 11.5 Å². The number of nitrogens with zero attached hydrogens (tertiary/aromatic N) is 2. The van der Waals surface area contributed by atoms with Gasteiger partial charge in [-0.15, -0.1) is 11.3 Å². The van der Waals surface area contributed by atoms with Gasteiger partial charge in [-0.2, -0.15) is 13.2 Å². The molecule has 8 aromatic rings. The van der Waals surface area contributed by atoms with E-state index in [-0.39, 0.29) is 6.42 Å². The minimum Gasteiger partial charge on any atom is -0.457 e. The second-order valence-electron chi connectivity index (χ2n) is 15.6. The van der Waals surface area contributed by atoms with E-state index in [9.17, 15) is 13.2 Å². The summed E-state index contributed by atoms with van der Waals surface area (Å²) in [5, 5.41) is 6.70. The van der Waals surface area contributed by atoms with Crippen LogP contribution in [-0.4, -0.2) is 24.2 Å². The second-order valence-corrected chi connectivity index (χ2v) is 21.7. The van der Waals surface area contributed by atoms with Gasteiger partial charge in [0, 0.05) is 39.2 Å². The number of benzene rings is 5. The van der Waals surface area contributed by atoms with E-state index in [1.165, 1.54) is 24.4 Å². The number of alkyl halides is 3. The predicted molar refractivity (Wildman–Crippen MR) is 222 cm³/mol. The van der Waals surface area contributed by atoms with Gasteiger partial charge < -0.3 is 4.74 Å². The Labute approximate surface area is 318 Å². The summed E-state index contributed by atoms with van der Waals surface area (Å²) < 4.78 is 48.7. The van der Waals surface area contributed by atoms with Gasteiger partial charge >= 0.3 is 6.18 Å². The maximum absolute atomic E-state index is 13.6. The van der Waals surface area contributed by atoms with E-state index < -0.39 is 19.7 Å². The minimum atomic E-state index is -4.28. The molecule has 3 nitrogen and oxygen atoms in total. The Morgan fingerprint density at radius 3 is 2.11 bits per heavy atom. The molecule has 0 radical (unpaired) electrons. The number of aromatic nitrogens is 2. The molecule has 270 valence electrons. The highest BCUT2D eigenvalue weighted by Gasteiger charge is 2.46. The molecule has 0 aliphatic rings. The van der Waals surface area contributed by atoms with Gasteiger partial charge in [-0.25, -0.2) is 0 Å². The lowest BCUT2D eigenvalue weighted by atomic mass is 9.85. The van der Waals surface area contributed by atoms with Crippen LogP contribution in [0.2, 0.25) is 19.6 Å². The first kappa shape index (κ1) is 35.7. The quantitative estimate of drug-likeness (QED) is 0.145. The Kier molecular flexibility index (Phi) is 8.94. The summed E-state index contributed by atoms with van der Waals surface area (Å²) >= 11 is 1.67. The third kappa shape index (κ3) is 6.92. The zero-order valence-corrected chi connectivity index (χ0v) is 32.6. The molecule has 0 spiro atoms. The van der Waals surface area contributed by atoms with Crippen molar-refractivity contribution in [2.75, 3.05) is 0 Å². The zero-order chi connectivity index (χ0) is 37.8. The molecule has 8 heteroatoms. The van der Waals surface area contributed by atoms with E-state index in [0.717, 1.165) is 64.9 Å². The highest BCUT2D eigenvalue weighted by atomic mass is 32.1. The van der Waals surface area contributed by atoms with E-state index in [1.54, 1.807) is 11.3 Å². The Hall–Kier alpha value is -5.31. The Bertz CT molecular complexity index is 2680. The van der Waals surface area contributed by atoms with E-state index in [2.05, 4.69) is 68.2 Å². The smallest absolute Gasteiger partial charge is 0.394 e. The monoisotopic (exact) mass is 752 g/mol. The molecule has 0 bridgehead atoms. The SMILES string of the molecule is CC(C)(Cc1ccc(-c2cc3c([Si](C)(C)C)cnc(-c4cc(Oc5cccc(-c6cc7ccccc7cn6)c5)c5ccccc5c4)c3s2)cc1)C(F)(F)F. The van der Waals surface area contributed by atoms with Crippen molar-refractivity contribution in [2.24, 2.45) is 5.41 Å². The molecule has 3 heterocycles. The van der Waals surface area contributed by atoms with Crippen LogP contribution in [0.4, 0.5) is 13.2 Å². The van der Waals surface area contributed by atoms with Crippen molar-refractivity contribution < 1.29 is 17.9 Å². The standard InChI is InChI=1S/C46H39F3N2OSSi/c1-45(2,46(47,48)49)26-29-17-19-30(20-18-29)41-25-38-42(54(3,4)5)28-51-43(44(38)53-41)35-21-32-12-8-9-16-37(32)40(24-35)52-36-15-10-14-33(22-36)39-23-31-11-6-7-13-34(31)27-50-39/h6-25,27-28H,26H2,1-5H3. The zero-order valence-electron chi connectivity index (χ0n) is 30.8. The Balaban J connectivity index is 1.19. The van der Waals surface area contributed by atoms with Crippen LogP contribution in [-0.2, 0) is 6.42 Å². The molecule has 0 fully saturated rings. The summed E-state index contributed by atoms with van der Waals surface area (Å²) in [5.41, 5.74) is 3.49. The maximum Gasteiger partial charge on any atom is 0.394 e. The van der Waals surface area contributed by atoms with E-state index in [4.69, 9.17) is 14.7 Å². The summed E-state index contributed by atoms with van der Waals surface area (Å²) in [6, 6.07) is 40.6. The topological polar surface area (TPSA) is 35.0 Å². The van der Waals surface area contributed by atoms with E-state index in [0.29, 0.717) is 11.3 Å². The number of pyridine rings is 2. The number of halogens is 3. The van der Waals surface area contributed by atoms with Gasteiger partial charge in [-0.05, 0) is 75.3 Å². The fraction of sp³-hybridized carbons (Fsp3) is 0.174. The summed E-state index contributed by atoms with van der Waals surface area (Å²) in [5.74, 6) is 1.43. The van der Waals surface area contributed by atoms with Gasteiger partial charge in [0.15, 0.2) is 0 Å². The lowest BCUT2D eigenvalue weighted by Gasteiger charge is -2.27. The normalized spacial score (nSPS) is 12.5. The van der Waals surface area contributed by atoms with Gasteiger partial charge in [-0.1, -0.05) is 118 Å². The molecule has 0 amide bonds. The minimum absolute atomic E-state index is 0.0754. The van der Waals surface area contributed by atoms with Crippen LogP contribution in [0, 0.1) is 5.41 Å². The van der Waals surface area contributed by atoms with Crippen LogP contribution in [0.25, 0.3) is 64.6 Å². The second kappa shape index (κ2) is 13.5. The number of hydrogen-bond acceptors (Lipinski definition) is 4. The number of thiophene rings is 1. The van der Waals surface area contributed by atoms with Crippen molar-refractivity contribution in [1.82, 2.24) is 9.97 Å². The van der Waals surface area contributed by atoms with Crippen LogP contribution >= 0.6 is 11.3 Å². The molecular formula is C46H39F3N2OSSi. The Morgan fingerprint density at radius 2 is 1.37 bits per heavy atom. The number of hydrogen-bond donors (Lipinski definition) is 0. The molecule has 54 heavy (non-hydrogen) atoms. The summed E-state index contributed by atoms with van der Waals surface area (Å²) in [6.45, 7) is 9.47. The van der Waals surface area contributed by atoms with Crippen molar-refractivity contribution in [1.29, 1.82) is 0 Å². The average Bonchev–Trinajstić information content (AvgIpc) is 3.59. The molecule has 8 rings (SSSR count).